The Hall–Kier alpha value is -1.92. The molecule has 6 heteroatoms. The van der Waals surface area contributed by atoms with Gasteiger partial charge in [-0.1, -0.05) is 44.2 Å². The molecule has 1 aromatic carbocycles. The Labute approximate surface area is 149 Å². The van der Waals surface area contributed by atoms with Gasteiger partial charge in [0.1, 0.15) is 6.61 Å². The third-order valence-electron chi connectivity index (χ3n) is 4.64. The highest BCUT2D eigenvalue weighted by atomic mass is 16.5. The third-order valence-corrected chi connectivity index (χ3v) is 4.64. The van der Waals surface area contributed by atoms with Crippen LogP contribution in [0.3, 0.4) is 0 Å². The highest BCUT2D eigenvalue weighted by Crippen LogP contribution is 2.29. The second-order valence-corrected chi connectivity index (χ2v) is 7.31. The number of hydrogen-bond donors (Lipinski definition) is 2. The summed E-state index contributed by atoms with van der Waals surface area (Å²) in [4.78, 5) is 26.2. The zero-order valence-corrected chi connectivity index (χ0v) is 15.2. The van der Waals surface area contributed by atoms with Crippen LogP contribution in [-0.2, 0) is 14.3 Å². The second-order valence-electron chi connectivity index (χ2n) is 7.31. The van der Waals surface area contributed by atoms with Gasteiger partial charge < -0.3 is 20.1 Å². The molecule has 0 radical (unpaired) electrons. The van der Waals surface area contributed by atoms with Crippen LogP contribution in [0.15, 0.2) is 30.3 Å². The van der Waals surface area contributed by atoms with Gasteiger partial charge in [0.05, 0.1) is 6.04 Å². The van der Waals surface area contributed by atoms with Gasteiger partial charge in [0.15, 0.2) is 6.10 Å². The normalized spacial score (nSPS) is 21.3. The maximum Gasteiger partial charge on any atom is 0.251 e. The summed E-state index contributed by atoms with van der Waals surface area (Å²) in [6.45, 7) is 4.53. The van der Waals surface area contributed by atoms with E-state index < -0.39 is 12.1 Å². The van der Waals surface area contributed by atoms with E-state index in [9.17, 15) is 14.7 Å². The predicted octanol–water partition coefficient (Wildman–Crippen LogP) is 1.50. The maximum absolute atomic E-state index is 12.6. The Kier molecular flexibility index (Phi) is 6.56. The van der Waals surface area contributed by atoms with E-state index >= 15 is 0 Å². The van der Waals surface area contributed by atoms with Gasteiger partial charge in [0.2, 0.25) is 5.91 Å². The summed E-state index contributed by atoms with van der Waals surface area (Å²) < 4.78 is 5.57. The van der Waals surface area contributed by atoms with Crippen molar-refractivity contribution in [2.45, 2.75) is 38.8 Å². The molecule has 1 fully saturated rings. The van der Waals surface area contributed by atoms with Crippen LogP contribution in [0, 0.1) is 5.41 Å². The van der Waals surface area contributed by atoms with Crippen molar-refractivity contribution in [3.05, 3.63) is 35.9 Å². The monoisotopic (exact) mass is 348 g/mol. The van der Waals surface area contributed by atoms with Crippen molar-refractivity contribution < 1.29 is 19.4 Å². The fourth-order valence-corrected chi connectivity index (χ4v) is 2.94. The molecule has 138 valence electrons. The molecule has 1 aliphatic rings. The van der Waals surface area contributed by atoms with Gasteiger partial charge in [-0.25, -0.2) is 0 Å². The number of amides is 2. The number of rotatable bonds is 7. The van der Waals surface area contributed by atoms with Crippen molar-refractivity contribution in [3.8, 4) is 0 Å². The number of benzene rings is 1. The van der Waals surface area contributed by atoms with E-state index in [2.05, 4.69) is 5.32 Å². The average Bonchev–Trinajstić information content (AvgIpc) is 2.61. The number of ether oxygens (including phenoxy) is 1. The summed E-state index contributed by atoms with van der Waals surface area (Å²) in [5.41, 5.74) is 0.727. The summed E-state index contributed by atoms with van der Waals surface area (Å²) >= 11 is 0. The summed E-state index contributed by atoms with van der Waals surface area (Å²) in [5, 5.41) is 12.2. The van der Waals surface area contributed by atoms with Crippen LogP contribution in [0.2, 0.25) is 0 Å². The molecule has 0 unspecified atom stereocenters. The van der Waals surface area contributed by atoms with Crippen molar-refractivity contribution in [2.75, 3.05) is 26.8 Å². The van der Waals surface area contributed by atoms with E-state index in [1.165, 1.54) is 0 Å². The molecule has 2 N–H and O–H groups in total. The molecule has 1 aliphatic heterocycles. The number of carbonyl (C=O) groups is 2. The molecule has 1 heterocycles. The highest BCUT2D eigenvalue weighted by Gasteiger charge is 2.39. The van der Waals surface area contributed by atoms with E-state index in [1.807, 2.05) is 44.2 Å². The molecule has 2 atom stereocenters. The first kappa shape index (κ1) is 19.4. The van der Waals surface area contributed by atoms with E-state index in [-0.39, 0.29) is 30.4 Å². The van der Waals surface area contributed by atoms with Crippen molar-refractivity contribution in [1.29, 1.82) is 0 Å². The van der Waals surface area contributed by atoms with E-state index in [4.69, 9.17) is 4.74 Å². The number of nitrogens with zero attached hydrogens (tertiary/aromatic N) is 1. The van der Waals surface area contributed by atoms with Crippen LogP contribution in [0.1, 0.15) is 38.3 Å². The van der Waals surface area contributed by atoms with Crippen molar-refractivity contribution in [3.63, 3.8) is 0 Å². The average molecular weight is 348 g/mol. The first-order valence-corrected chi connectivity index (χ1v) is 8.66. The van der Waals surface area contributed by atoms with Crippen molar-refractivity contribution in [2.24, 2.45) is 5.41 Å². The van der Waals surface area contributed by atoms with Crippen LogP contribution in [0.25, 0.3) is 0 Å². The summed E-state index contributed by atoms with van der Waals surface area (Å²) in [7, 11) is 1.70. The van der Waals surface area contributed by atoms with Gasteiger partial charge in [-0.05, 0) is 23.8 Å². The molecule has 0 spiro atoms. The molecule has 1 aromatic rings. The van der Waals surface area contributed by atoms with Crippen molar-refractivity contribution in [1.82, 2.24) is 10.2 Å². The van der Waals surface area contributed by atoms with Crippen molar-refractivity contribution >= 4 is 11.8 Å². The van der Waals surface area contributed by atoms with Crippen LogP contribution < -0.4 is 5.32 Å². The number of aliphatic hydroxyl groups is 1. The minimum absolute atomic E-state index is 0.0878. The Morgan fingerprint density at radius 2 is 2.04 bits per heavy atom. The van der Waals surface area contributed by atoms with Gasteiger partial charge in [0.25, 0.3) is 5.91 Å². The quantitative estimate of drug-likeness (QED) is 0.732. The Bertz CT molecular complexity index is 588. The van der Waals surface area contributed by atoms with Crippen LogP contribution in [0.4, 0.5) is 0 Å². The molecule has 6 nitrogen and oxygen atoms in total. The zero-order valence-electron chi connectivity index (χ0n) is 15.2. The molecule has 2 amide bonds. The predicted molar refractivity (Wildman–Crippen MR) is 94.8 cm³/mol. The lowest BCUT2D eigenvalue weighted by atomic mass is 9.89. The van der Waals surface area contributed by atoms with Crippen LogP contribution in [0.5, 0.6) is 0 Å². The smallest absolute Gasteiger partial charge is 0.251 e. The molecular weight excluding hydrogens is 320 g/mol. The van der Waals surface area contributed by atoms with Gasteiger partial charge in [0, 0.05) is 20.2 Å². The summed E-state index contributed by atoms with van der Waals surface area (Å²) in [6, 6.07) is 9.02. The van der Waals surface area contributed by atoms with Gasteiger partial charge in [-0.2, -0.15) is 0 Å². The topological polar surface area (TPSA) is 78.9 Å². The van der Waals surface area contributed by atoms with E-state index in [1.54, 1.807) is 11.9 Å². The lowest BCUT2D eigenvalue weighted by molar-refractivity contribution is -0.162. The molecular formula is C19H28N2O4. The largest absolute Gasteiger partial charge is 0.396 e. The summed E-state index contributed by atoms with van der Waals surface area (Å²) in [6.07, 6.45) is 0.864. The molecule has 0 saturated carbocycles. The molecule has 1 saturated heterocycles. The van der Waals surface area contributed by atoms with Crippen LogP contribution in [-0.4, -0.2) is 54.7 Å². The zero-order chi connectivity index (χ0) is 18.4. The molecule has 2 rings (SSSR count). The van der Waals surface area contributed by atoms with E-state index in [0.717, 1.165) is 18.4 Å². The second kappa shape index (κ2) is 8.45. The number of likely N-dealkylation sites (N-methyl/N-ethyl adjacent to an activating group) is 1. The van der Waals surface area contributed by atoms with E-state index in [0.29, 0.717) is 6.54 Å². The summed E-state index contributed by atoms with van der Waals surface area (Å²) in [5.74, 6) is -0.349. The Morgan fingerprint density at radius 1 is 1.36 bits per heavy atom. The maximum atomic E-state index is 12.6. The fraction of sp³-hybridized carbons (Fsp3) is 0.579. The molecule has 0 aliphatic carbocycles. The van der Waals surface area contributed by atoms with Gasteiger partial charge in [-0.3, -0.25) is 9.59 Å². The standard InChI is InChI=1S/C19H28N2O4/c1-19(2,13-22)10-7-11-20-18(24)17-16(14-8-5-4-6-9-14)21(3)15(23)12-25-17/h4-6,8-9,16-17,22H,7,10-13H2,1-3H3,(H,20,24)/t16-,17+/m0/s1. The Morgan fingerprint density at radius 3 is 2.68 bits per heavy atom. The minimum atomic E-state index is -0.726. The van der Waals surface area contributed by atoms with Crippen LogP contribution >= 0.6 is 0 Å². The lowest BCUT2D eigenvalue weighted by Crippen LogP contribution is -2.53. The molecule has 25 heavy (non-hydrogen) atoms. The Balaban J connectivity index is 2.00. The first-order chi connectivity index (χ1) is 11.9. The number of morpholine rings is 1. The number of carbonyl (C=O) groups excluding carboxylic acids is 2. The SMILES string of the molecule is CN1C(=O)CO[C@@H](C(=O)NCCCC(C)(C)CO)[C@@H]1c1ccccc1. The molecule has 0 bridgehead atoms. The fourth-order valence-electron chi connectivity index (χ4n) is 2.94. The number of hydrogen-bond acceptors (Lipinski definition) is 4. The van der Waals surface area contributed by atoms with Gasteiger partial charge in [-0.15, -0.1) is 0 Å². The number of aliphatic hydroxyl groups excluding tert-OH is 1. The highest BCUT2D eigenvalue weighted by molar-refractivity contribution is 5.86. The third kappa shape index (κ3) is 5.03. The number of nitrogens with one attached hydrogen (secondary N) is 1. The lowest BCUT2D eigenvalue weighted by Gasteiger charge is -2.38. The van der Waals surface area contributed by atoms with Gasteiger partial charge >= 0.3 is 0 Å². The first-order valence-electron chi connectivity index (χ1n) is 8.66. The minimum Gasteiger partial charge on any atom is -0.396 e. The molecule has 0 aromatic heterocycles.